The van der Waals surface area contributed by atoms with Gasteiger partial charge in [-0.2, -0.15) is 4.31 Å². The summed E-state index contributed by atoms with van der Waals surface area (Å²) >= 11 is 0. The predicted molar refractivity (Wildman–Crippen MR) is 115 cm³/mol. The minimum Gasteiger partial charge on any atom is -0.363 e. The third kappa shape index (κ3) is 3.46. The fourth-order valence-electron chi connectivity index (χ4n) is 4.48. The predicted octanol–water partition coefficient (Wildman–Crippen LogP) is 2.66. The standard InChI is InChI=1S/C21H26N4O4S/c1-21(2)17-7-3-6-10-20(17)30(28,29)24(21)16-13-22-11-14-23(15-12-22)18-8-4-5-9-19(18)25(26)27/h3-10H,11-16H2,1-2H3. The molecular weight excluding hydrogens is 404 g/mol. The van der Waals surface area contributed by atoms with E-state index in [1.807, 2.05) is 36.9 Å². The van der Waals surface area contributed by atoms with E-state index in [-0.39, 0.29) is 10.6 Å². The van der Waals surface area contributed by atoms with Gasteiger partial charge in [0.05, 0.1) is 15.4 Å². The Bertz CT molecular complexity index is 1060. The quantitative estimate of drug-likeness (QED) is 0.535. The molecule has 0 saturated carbocycles. The lowest BCUT2D eigenvalue weighted by molar-refractivity contribution is -0.384. The summed E-state index contributed by atoms with van der Waals surface area (Å²) in [5.41, 5.74) is 1.02. The summed E-state index contributed by atoms with van der Waals surface area (Å²) in [4.78, 5) is 15.6. The molecule has 2 heterocycles. The van der Waals surface area contributed by atoms with Crippen LogP contribution in [0, 0.1) is 10.1 Å². The average molecular weight is 431 g/mol. The van der Waals surface area contributed by atoms with E-state index < -0.39 is 15.6 Å². The van der Waals surface area contributed by atoms with E-state index >= 15 is 0 Å². The summed E-state index contributed by atoms with van der Waals surface area (Å²) in [5.74, 6) is 0. The van der Waals surface area contributed by atoms with Crippen LogP contribution in [0.3, 0.4) is 0 Å². The number of nitro benzene ring substituents is 1. The molecule has 1 saturated heterocycles. The first-order valence-corrected chi connectivity index (χ1v) is 11.5. The van der Waals surface area contributed by atoms with Crippen molar-refractivity contribution < 1.29 is 13.3 Å². The van der Waals surface area contributed by atoms with Crippen LogP contribution in [-0.2, 0) is 15.6 Å². The number of piperazine rings is 1. The molecule has 0 spiro atoms. The lowest BCUT2D eigenvalue weighted by atomic mass is 9.94. The Balaban J connectivity index is 1.41. The van der Waals surface area contributed by atoms with Crippen LogP contribution in [0.5, 0.6) is 0 Å². The van der Waals surface area contributed by atoms with E-state index in [2.05, 4.69) is 4.90 Å². The van der Waals surface area contributed by atoms with Crippen molar-refractivity contribution in [1.82, 2.24) is 9.21 Å². The molecule has 0 amide bonds. The molecule has 0 atom stereocenters. The number of hydrogen-bond acceptors (Lipinski definition) is 6. The molecular formula is C21H26N4O4S. The minimum absolute atomic E-state index is 0.119. The van der Waals surface area contributed by atoms with Crippen molar-refractivity contribution in [2.75, 3.05) is 44.2 Å². The van der Waals surface area contributed by atoms with E-state index in [1.54, 1.807) is 28.6 Å². The van der Waals surface area contributed by atoms with Crippen molar-refractivity contribution in [1.29, 1.82) is 0 Å². The van der Waals surface area contributed by atoms with E-state index in [0.717, 1.165) is 18.7 Å². The molecule has 8 nitrogen and oxygen atoms in total. The van der Waals surface area contributed by atoms with E-state index in [0.29, 0.717) is 36.8 Å². The van der Waals surface area contributed by atoms with E-state index in [9.17, 15) is 18.5 Å². The molecule has 2 aliphatic rings. The van der Waals surface area contributed by atoms with Crippen LogP contribution >= 0.6 is 0 Å². The van der Waals surface area contributed by atoms with E-state index in [1.165, 1.54) is 6.07 Å². The Hall–Kier alpha value is -2.49. The number of nitro groups is 1. The van der Waals surface area contributed by atoms with Crippen LogP contribution in [-0.4, -0.2) is 61.8 Å². The van der Waals surface area contributed by atoms with Gasteiger partial charge in [0, 0.05) is 45.3 Å². The van der Waals surface area contributed by atoms with Crippen molar-refractivity contribution in [3.63, 3.8) is 0 Å². The zero-order valence-corrected chi connectivity index (χ0v) is 18.0. The smallest absolute Gasteiger partial charge is 0.292 e. The van der Waals surface area contributed by atoms with Gasteiger partial charge in [0.1, 0.15) is 5.69 Å². The number of rotatable bonds is 5. The average Bonchev–Trinajstić information content (AvgIpc) is 2.89. The zero-order chi connectivity index (χ0) is 21.5. The zero-order valence-electron chi connectivity index (χ0n) is 17.2. The molecule has 0 aromatic heterocycles. The highest BCUT2D eigenvalue weighted by Crippen LogP contribution is 2.43. The molecule has 30 heavy (non-hydrogen) atoms. The van der Waals surface area contributed by atoms with Gasteiger partial charge in [-0.25, -0.2) is 8.42 Å². The Morgan fingerprint density at radius 3 is 2.27 bits per heavy atom. The second kappa shape index (κ2) is 7.64. The molecule has 160 valence electrons. The van der Waals surface area contributed by atoms with Gasteiger partial charge in [-0.1, -0.05) is 30.3 Å². The van der Waals surface area contributed by atoms with Gasteiger partial charge in [0.25, 0.3) is 5.69 Å². The Kier molecular flexibility index (Phi) is 5.29. The molecule has 1 fully saturated rings. The molecule has 0 N–H and O–H groups in total. The molecule has 2 aromatic carbocycles. The lowest BCUT2D eigenvalue weighted by Gasteiger charge is -2.37. The molecule has 4 rings (SSSR count). The van der Waals surface area contributed by atoms with Gasteiger partial charge in [-0.05, 0) is 31.5 Å². The second-order valence-electron chi connectivity index (χ2n) is 8.21. The maximum absolute atomic E-state index is 13.0. The molecule has 0 radical (unpaired) electrons. The third-order valence-corrected chi connectivity index (χ3v) is 8.28. The van der Waals surface area contributed by atoms with E-state index in [4.69, 9.17) is 0 Å². The number of hydrogen-bond donors (Lipinski definition) is 0. The van der Waals surface area contributed by atoms with Crippen molar-refractivity contribution in [2.45, 2.75) is 24.3 Å². The molecule has 0 bridgehead atoms. The van der Waals surface area contributed by atoms with Crippen molar-refractivity contribution in [2.24, 2.45) is 0 Å². The van der Waals surface area contributed by atoms with Gasteiger partial charge in [0.2, 0.25) is 10.0 Å². The van der Waals surface area contributed by atoms with Crippen LogP contribution in [0.1, 0.15) is 19.4 Å². The number of nitrogens with zero attached hydrogens (tertiary/aromatic N) is 4. The number of anilines is 1. The largest absolute Gasteiger partial charge is 0.363 e. The topological polar surface area (TPSA) is 87.0 Å². The monoisotopic (exact) mass is 430 g/mol. The summed E-state index contributed by atoms with van der Waals surface area (Å²) in [7, 11) is -3.50. The van der Waals surface area contributed by atoms with Crippen molar-refractivity contribution >= 4 is 21.4 Å². The summed E-state index contributed by atoms with van der Waals surface area (Å²) in [6.07, 6.45) is 0. The van der Waals surface area contributed by atoms with Gasteiger partial charge in [-0.15, -0.1) is 0 Å². The molecule has 2 aliphatic heterocycles. The van der Waals surface area contributed by atoms with Crippen molar-refractivity contribution in [3.8, 4) is 0 Å². The van der Waals surface area contributed by atoms with Crippen LogP contribution in [0.4, 0.5) is 11.4 Å². The summed E-state index contributed by atoms with van der Waals surface area (Å²) < 4.78 is 27.7. The highest BCUT2D eigenvalue weighted by atomic mass is 32.2. The first kappa shape index (κ1) is 20.8. The Morgan fingerprint density at radius 2 is 1.60 bits per heavy atom. The number of para-hydroxylation sites is 2. The minimum atomic E-state index is -3.50. The Morgan fingerprint density at radius 1 is 0.967 bits per heavy atom. The SMILES string of the molecule is CC1(C)c2ccccc2S(=O)(=O)N1CCN1CCN(c2ccccc2[N+](=O)[O-])CC1. The molecule has 0 unspecified atom stereocenters. The Labute approximate surface area is 176 Å². The number of benzene rings is 2. The maximum Gasteiger partial charge on any atom is 0.292 e. The molecule has 2 aromatic rings. The van der Waals surface area contributed by atoms with Crippen LogP contribution in [0.25, 0.3) is 0 Å². The summed E-state index contributed by atoms with van der Waals surface area (Å²) in [5, 5.41) is 11.3. The number of sulfonamides is 1. The summed E-state index contributed by atoms with van der Waals surface area (Å²) in [6, 6.07) is 14.0. The van der Waals surface area contributed by atoms with Gasteiger partial charge in [-0.3, -0.25) is 15.0 Å². The number of fused-ring (bicyclic) bond motifs is 1. The first-order valence-electron chi connectivity index (χ1n) is 10.1. The van der Waals surface area contributed by atoms with Gasteiger partial charge >= 0.3 is 0 Å². The van der Waals surface area contributed by atoms with Crippen molar-refractivity contribution in [3.05, 3.63) is 64.2 Å². The third-order valence-electron chi connectivity index (χ3n) is 6.15. The normalized spacial score (nSPS) is 20.8. The fourth-order valence-corrected chi connectivity index (χ4v) is 6.59. The first-order chi connectivity index (χ1) is 14.2. The highest BCUT2D eigenvalue weighted by molar-refractivity contribution is 7.89. The maximum atomic E-state index is 13.0. The molecule has 9 heteroatoms. The molecule has 0 aliphatic carbocycles. The second-order valence-corrected chi connectivity index (χ2v) is 10.0. The fraction of sp³-hybridized carbons (Fsp3) is 0.429. The van der Waals surface area contributed by atoms with Gasteiger partial charge in [0.15, 0.2) is 0 Å². The lowest BCUT2D eigenvalue weighted by Crippen LogP contribution is -2.50. The van der Waals surface area contributed by atoms with Gasteiger partial charge < -0.3 is 4.90 Å². The summed E-state index contributed by atoms with van der Waals surface area (Å²) in [6.45, 7) is 7.73. The van der Waals surface area contributed by atoms with Crippen LogP contribution < -0.4 is 4.90 Å². The highest BCUT2D eigenvalue weighted by Gasteiger charge is 2.47. The van der Waals surface area contributed by atoms with Crippen LogP contribution in [0.15, 0.2) is 53.4 Å². The van der Waals surface area contributed by atoms with Crippen LogP contribution in [0.2, 0.25) is 0 Å².